The van der Waals surface area contributed by atoms with E-state index in [0.29, 0.717) is 11.5 Å². The Bertz CT molecular complexity index is 740. The van der Waals surface area contributed by atoms with Crippen molar-refractivity contribution < 1.29 is 9.53 Å². The van der Waals surface area contributed by atoms with Crippen LogP contribution in [0.2, 0.25) is 0 Å². The molecule has 5 heteroatoms. The Morgan fingerprint density at radius 2 is 1.86 bits per heavy atom. The Kier molecular flexibility index (Phi) is 4.15. The predicted molar refractivity (Wildman–Crippen MR) is 84.3 cm³/mol. The van der Waals surface area contributed by atoms with Crippen LogP contribution in [0, 0.1) is 0 Å². The molecule has 3 aromatic rings. The SMILES string of the molecule is O=C(Nc1ccccc1-c1ncc[nH]1)OCc1ccccc1. The molecule has 0 saturated heterocycles. The Labute approximate surface area is 128 Å². The molecule has 0 bridgehead atoms. The highest BCUT2D eigenvalue weighted by molar-refractivity contribution is 5.90. The van der Waals surface area contributed by atoms with Crippen LogP contribution in [0.1, 0.15) is 5.56 Å². The predicted octanol–water partition coefficient (Wildman–Crippen LogP) is 3.83. The third kappa shape index (κ3) is 3.32. The number of aromatic amines is 1. The smallest absolute Gasteiger partial charge is 0.411 e. The summed E-state index contributed by atoms with van der Waals surface area (Å²) in [5.74, 6) is 0.693. The standard InChI is InChI=1S/C17H15N3O2/c21-17(22-12-13-6-2-1-3-7-13)20-15-9-5-4-8-14(15)16-18-10-11-19-16/h1-11H,12H2,(H,18,19)(H,20,21). The molecule has 0 atom stereocenters. The molecule has 0 aliphatic carbocycles. The highest BCUT2D eigenvalue weighted by Crippen LogP contribution is 2.24. The van der Waals surface area contributed by atoms with Crippen LogP contribution in [0.5, 0.6) is 0 Å². The Balaban J connectivity index is 1.67. The third-order valence-electron chi connectivity index (χ3n) is 3.13. The van der Waals surface area contributed by atoms with E-state index in [-0.39, 0.29) is 6.61 Å². The zero-order chi connectivity index (χ0) is 15.2. The normalized spacial score (nSPS) is 10.2. The molecule has 5 nitrogen and oxygen atoms in total. The highest BCUT2D eigenvalue weighted by atomic mass is 16.5. The minimum absolute atomic E-state index is 0.232. The summed E-state index contributed by atoms with van der Waals surface area (Å²) in [5.41, 5.74) is 2.40. The molecule has 1 heterocycles. The number of carbonyl (C=O) groups is 1. The zero-order valence-electron chi connectivity index (χ0n) is 11.8. The maximum atomic E-state index is 11.9. The number of ether oxygens (including phenoxy) is 1. The van der Waals surface area contributed by atoms with Gasteiger partial charge in [-0.05, 0) is 17.7 Å². The summed E-state index contributed by atoms with van der Waals surface area (Å²) in [7, 11) is 0. The number of nitrogens with one attached hydrogen (secondary N) is 2. The Morgan fingerprint density at radius 3 is 2.64 bits per heavy atom. The number of imidazole rings is 1. The lowest BCUT2D eigenvalue weighted by Gasteiger charge is -2.10. The van der Waals surface area contributed by atoms with Crippen molar-refractivity contribution in [3.8, 4) is 11.4 Å². The quantitative estimate of drug-likeness (QED) is 0.768. The monoisotopic (exact) mass is 293 g/mol. The summed E-state index contributed by atoms with van der Waals surface area (Å²) in [4.78, 5) is 19.2. The summed E-state index contributed by atoms with van der Waals surface area (Å²) < 4.78 is 5.22. The fraction of sp³-hybridized carbons (Fsp3) is 0.0588. The van der Waals surface area contributed by atoms with Crippen molar-refractivity contribution in [3.05, 3.63) is 72.6 Å². The molecule has 0 radical (unpaired) electrons. The van der Waals surface area contributed by atoms with Crippen molar-refractivity contribution >= 4 is 11.8 Å². The molecule has 3 rings (SSSR count). The van der Waals surface area contributed by atoms with Gasteiger partial charge in [0.05, 0.1) is 5.69 Å². The molecule has 0 aliphatic heterocycles. The van der Waals surface area contributed by atoms with E-state index in [2.05, 4.69) is 15.3 Å². The molecule has 110 valence electrons. The van der Waals surface area contributed by atoms with Crippen LogP contribution < -0.4 is 5.32 Å². The van der Waals surface area contributed by atoms with Gasteiger partial charge in [-0.3, -0.25) is 5.32 Å². The van der Waals surface area contributed by atoms with E-state index in [1.54, 1.807) is 12.4 Å². The molecule has 1 amide bonds. The summed E-state index contributed by atoms with van der Waals surface area (Å²) >= 11 is 0. The van der Waals surface area contributed by atoms with Crippen molar-refractivity contribution in [2.45, 2.75) is 6.61 Å². The number of benzene rings is 2. The van der Waals surface area contributed by atoms with Crippen LogP contribution in [0.25, 0.3) is 11.4 Å². The largest absolute Gasteiger partial charge is 0.444 e. The van der Waals surface area contributed by atoms with Crippen LogP contribution in [0.15, 0.2) is 67.0 Å². The van der Waals surface area contributed by atoms with E-state index < -0.39 is 6.09 Å². The fourth-order valence-corrected chi connectivity index (χ4v) is 2.08. The average molecular weight is 293 g/mol. The number of nitrogens with zero attached hydrogens (tertiary/aromatic N) is 1. The molecule has 0 saturated carbocycles. The first kappa shape index (κ1) is 13.9. The van der Waals surface area contributed by atoms with Gasteiger partial charge in [-0.25, -0.2) is 9.78 Å². The number of rotatable bonds is 4. The average Bonchev–Trinajstić information content (AvgIpc) is 3.09. The van der Waals surface area contributed by atoms with Crippen molar-refractivity contribution in [1.29, 1.82) is 0 Å². The van der Waals surface area contributed by atoms with Gasteiger partial charge in [-0.1, -0.05) is 42.5 Å². The van der Waals surface area contributed by atoms with Crippen molar-refractivity contribution in [1.82, 2.24) is 9.97 Å². The number of carbonyl (C=O) groups excluding carboxylic acids is 1. The Hall–Kier alpha value is -3.08. The van der Waals surface area contributed by atoms with Gasteiger partial charge < -0.3 is 9.72 Å². The number of hydrogen-bond donors (Lipinski definition) is 2. The minimum Gasteiger partial charge on any atom is -0.444 e. The lowest BCUT2D eigenvalue weighted by molar-refractivity contribution is 0.155. The molecule has 0 fully saturated rings. The van der Waals surface area contributed by atoms with Gasteiger partial charge in [0.15, 0.2) is 0 Å². The van der Waals surface area contributed by atoms with Gasteiger partial charge >= 0.3 is 6.09 Å². The molecule has 2 N–H and O–H groups in total. The number of aromatic nitrogens is 2. The maximum absolute atomic E-state index is 11.9. The molecule has 0 aliphatic rings. The van der Waals surface area contributed by atoms with Gasteiger partial charge in [0.25, 0.3) is 0 Å². The first-order valence-electron chi connectivity index (χ1n) is 6.89. The van der Waals surface area contributed by atoms with Crippen molar-refractivity contribution in [2.24, 2.45) is 0 Å². The summed E-state index contributed by atoms with van der Waals surface area (Å²) in [6, 6.07) is 17.0. The topological polar surface area (TPSA) is 67.0 Å². The van der Waals surface area contributed by atoms with E-state index in [0.717, 1.165) is 11.1 Å². The minimum atomic E-state index is -0.497. The molecule has 0 spiro atoms. The number of hydrogen-bond acceptors (Lipinski definition) is 3. The van der Waals surface area contributed by atoms with Gasteiger partial charge in [-0.15, -0.1) is 0 Å². The third-order valence-corrected chi connectivity index (χ3v) is 3.13. The molecular formula is C17H15N3O2. The van der Waals surface area contributed by atoms with E-state index in [9.17, 15) is 4.79 Å². The first-order chi connectivity index (χ1) is 10.8. The van der Waals surface area contributed by atoms with Crippen molar-refractivity contribution in [3.63, 3.8) is 0 Å². The molecule has 1 aromatic heterocycles. The first-order valence-corrected chi connectivity index (χ1v) is 6.89. The second-order valence-corrected chi connectivity index (χ2v) is 4.67. The highest BCUT2D eigenvalue weighted by Gasteiger charge is 2.10. The summed E-state index contributed by atoms with van der Waals surface area (Å²) in [5, 5.41) is 2.75. The Morgan fingerprint density at radius 1 is 1.09 bits per heavy atom. The number of para-hydroxylation sites is 1. The van der Waals surface area contributed by atoms with E-state index in [1.165, 1.54) is 0 Å². The van der Waals surface area contributed by atoms with E-state index in [4.69, 9.17) is 4.74 Å². The van der Waals surface area contributed by atoms with Gasteiger partial charge in [0, 0.05) is 18.0 Å². The fourth-order valence-electron chi connectivity index (χ4n) is 2.08. The second-order valence-electron chi connectivity index (χ2n) is 4.67. The summed E-state index contributed by atoms with van der Waals surface area (Å²) in [6.45, 7) is 0.232. The van der Waals surface area contributed by atoms with Crippen LogP contribution in [0.3, 0.4) is 0 Å². The summed E-state index contributed by atoms with van der Waals surface area (Å²) in [6.07, 6.45) is 2.91. The molecule has 22 heavy (non-hydrogen) atoms. The number of amides is 1. The lowest BCUT2D eigenvalue weighted by atomic mass is 10.1. The van der Waals surface area contributed by atoms with Crippen LogP contribution in [-0.4, -0.2) is 16.1 Å². The van der Waals surface area contributed by atoms with Crippen LogP contribution >= 0.6 is 0 Å². The molecule has 0 unspecified atom stereocenters. The zero-order valence-corrected chi connectivity index (χ0v) is 11.8. The lowest BCUT2D eigenvalue weighted by Crippen LogP contribution is -2.14. The van der Waals surface area contributed by atoms with E-state index in [1.807, 2.05) is 54.6 Å². The molecular weight excluding hydrogens is 278 g/mol. The van der Waals surface area contributed by atoms with Gasteiger partial charge in [0.2, 0.25) is 0 Å². The van der Waals surface area contributed by atoms with Gasteiger partial charge in [0.1, 0.15) is 12.4 Å². The molecule has 2 aromatic carbocycles. The number of H-pyrrole nitrogens is 1. The van der Waals surface area contributed by atoms with Crippen LogP contribution in [0.4, 0.5) is 10.5 Å². The maximum Gasteiger partial charge on any atom is 0.411 e. The van der Waals surface area contributed by atoms with Crippen LogP contribution in [-0.2, 0) is 11.3 Å². The second kappa shape index (κ2) is 6.58. The van der Waals surface area contributed by atoms with E-state index >= 15 is 0 Å². The van der Waals surface area contributed by atoms with Crippen molar-refractivity contribution in [2.75, 3.05) is 5.32 Å². The number of anilines is 1. The van der Waals surface area contributed by atoms with Gasteiger partial charge in [-0.2, -0.15) is 0 Å².